The standard InChI is InChI=1S/C18H18N8O7S3/c1-25-14(30)12(28)22-23-18(25)36-4-6-3-34-15-9(13(29)26(15)10(6)16(31)32)21-11(27)8(24-33-2)7-5-35-17(19)20-7/h5,9,15H,3-4H2,1-2H3,(H2,19,20)(H,21,27)(H,22,28)(H,31,32)/t9?,15-/m1/s1. The number of thiazole rings is 1. The van der Waals surface area contributed by atoms with Gasteiger partial charge < -0.3 is 21.0 Å². The quantitative estimate of drug-likeness (QED) is 0.0953. The number of carbonyl (C=O) groups is 3. The number of aromatic amines is 1. The molecule has 2 aliphatic rings. The molecular weight excluding hydrogens is 536 g/mol. The molecule has 18 heteroatoms. The van der Waals surface area contributed by atoms with E-state index in [0.717, 1.165) is 32.6 Å². The fourth-order valence-corrected chi connectivity index (χ4v) is 6.39. The van der Waals surface area contributed by atoms with Crippen molar-refractivity contribution in [1.29, 1.82) is 0 Å². The minimum absolute atomic E-state index is 0.102. The third kappa shape index (κ3) is 4.61. The predicted molar refractivity (Wildman–Crippen MR) is 131 cm³/mol. The third-order valence-corrected chi connectivity index (χ3v) is 8.24. The van der Waals surface area contributed by atoms with E-state index in [1.54, 1.807) is 0 Å². The molecule has 4 rings (SSSR count). The molecule has 2 atom stereocenters. The van der Waals surface area contributed by atoms with Gasteiger partial charge in [0.05, 0.1) is 0 Å². The fourth-order valence-electron chi connectivity index (χ4n) is 3.44. The van der Waals surface area contributed by atoms with Gasteiger partial charge in [-0.05, 0) is 5.57 Å². The predicted octanol–water partition coefficient (Wildman–Crippen LogP) is -1.61. The van der Waals surface area contributed by atoms with E-state index in [1.807, 2.05) is 0 Å². The summed E-state index contributed by atoms with van der Waals surface area (Å²) in [5.41, 5.74) is 4.16. The van der Waals surface area contributed by atoms with E-state index >= 15 is 0 Å². The number of H-pyrrole nitrogens is 1. The Morgan fingerprint density at radius 3 is 2.81 bits per heavy atom. The fraction of sp³-hybridized carbons (Fsp3) is 0.333. The van der Waals surface area contributed by atoms with Gasteiger partial charge in [-0.3, -0.25) is 28.6 Å². The van der Waals surface area contributed by atoms with Gasteiger partial charge in [-0.1, -0.05) is 16.9 Å². The van der Waals surface area contributed by atoms with Crippen LogP contribution in [0.1, 0.15) is 5.69 Å². The molecule has 0 aromatic carbocycles. The van der Waals surface area contributed by atoms with Crippen molar-refractivity contribution in [1.82, 2.24) is 30.0 Å². The van der Waals surface area contributed by atoms with Crippen molar-refractivity contribution in [2.75, 3.05) is 24.3 Å². The van der Waals surface area contributed by atoms with Crippen molar-refractivity contribution in [2.24, 2.45) is 12.2 Å². The number of rotatable bonds is 8. The smallest absolute Gasteiger partial charge is 0.352 e. The molecule has 0 bridgehead atoms. The lowest BCUT2D eigenvalue weighted by Gasteiger charge is -2.49. The number of amides is 2. The molecule has 5 N–H and O–H groups in total. The summed E-state index contributed by atoms with van der Waals surface area (Å²) in [6.07, 6.45) is 0. The summed E-state index contributed by atoms with van der Waals surface area (Å²) >= 11 is 3.41. The van der Waals surface area contributed by atoms with Crippen LogP contribution < -0.4 is 22.2 Å². The summed E-state index contributed by atoms with van der Waals surface area (Å²) in [7, 11) is 2.62. The summed E-state index contributed by atoms with van der Waals surface area (Å²) in [4.78, 5) is 70.8. The first-order chi connectivity index (χ1) is 17.1. The molecule has 0 saturated carbocycles. The topological polar surface area (TPSA) is 215 Å². The highest BCUT2D eigenvalue weighted by Crippen LogP contribution is 2.41. The number of β-lactam (4-membered cyclic amide) rings is 1. The maximum Gasteiger partial charge on any atom is 0.352 e. The third-order valence-electron chi connectivity index (χ3n) is 5.11. The van der Waals surface area contributed by atoms with E-state index in [-0.39, 0.29) is 38.9 Å². The SMILES string of the molecule is CON=C(C(=O)NC1C(=O)N2C(C(=O)O)=C(CSc3n[nH]c(=O)c(=O)n3C)CS[C@H]12)c1csc(N)n1. The highest BCUT2D eigenvalue weighted by atomic mass is 32.2. The zero-order valence-electron chi connectivity index (χ0n) is 18.6. The molecule has 2 aromatic rings. The molecule has 2 amide bonds. The van der Waals surface area contributed by atoms with Gasteiger partial charge in [0.1, 0.15) is 29.9 Å². The van der Waals surface area contributed by atoms with Crippen LogP contribution in [0.15, 0.2) is 36.6 Å². The van der Waals surface area contributed by atoms with Crippen LogP contribution in [0.3, 0.4) is 0 Å². The number of nitrogens with two attached hydrogens (primary N) is 1. The Morgan fingerprint density at radius 1 is 1.42 bits per heavy atom. The normalized spacial score (nSPS) is 19.6. The van der Waals surface area contributed by atoms with Crippen LogP contribution in [0, 0.1) is 0 Å². The molecule has 1 fully saturated rings. The first-order valence-electron chi connectivity index (χ1n) is 9.96. The second-order valence-corrected chi connectivity index (χ2v) is 10.2. The van der Waals surface area contributed by atoms with Crippen molar-refractivity contribution in [3.63, 3.8) is 0 Å². The van der Waals surface area contributed by atoms with Gasteiger partial charge in [0.15, 0.2) is 16.0 Å². The van der Waals surface area contributed by atoms with Crippen molar-refractivity contribution in [3.8, 4) is 0 Å². The first kappa shape index (κ1) is 25.5. The van der Waals surface area contributed by atoms with Gasteiger partial charge in [-0.25, -0.2) is 14.9 Å². The average Bonchev–Trinajstić information content (AvgIpc) is 3.28. The van der Waals surface area contributed by atoms with E-state index in [9.17, 15) is 29.1 Å². The highest BCUT2D eigenvalue weighted by Gasteiger charge is 2.54. The second kappa shape index (κ2) is 10.2. The largest absolute Gasteiger partial charge is 0.477 e. The summed E-state index contributed by atoms with van der Waals surface area (Å²) < 4.78 is 1.05. The van der Waals surface area contributed by atoms with Gasteiger partial charge >= 0.3 is 17.1 Å². The number of carboxylic acids is 1. The molecule has 2 aromatic heterocycles. The number of nitrogens with zero attached hydrogens (tertiary/aromatic N) is 5. The molecule has 0 aliphatic carbocycles. The molecule has 15 nitrogen and oxygen atoms in total. The van der Waals surface area contributed by atoms with Crippen LogP contribution in [0.25, 0.3) is 0 Å². The number of fused-ring (bicyclic) bond motifs is 1. The van der Waals surface area contributed by atoms with E-state index in [4.69, 9.17) is 10.6 Å². The number of hydrogen-bond acceptors (Lipinski definition) is 13. The van der Waals surface area contributed by atoms with Gasteiger partial charge in [-0.2, -0.15) is 0 Å². The van der Waals surface area contributed by atoms with E-state index in [1.165, 1.54) is 31.3 Å². The van der Waals surface area contributed by atoms with E-state index < -0.39 is 40.3 Å². The van der Waals surface area contributed by atoms with Crippen molar-refractivity contribution in [2.45, 2.75) is 16.6 Å². The zero-order chi connectivity index (χ0) is 26.1. The summed E-state index contributed by atoms with van der Waals surface area (Å²) in [6, 6.07) is -0.995. The lowest BCUT2D eigenvalue weighted by Crippen LogP contribution is -2.71. The maximum atomic E-state index is 12.9. The van der Waals surface area contributed by atoms with Crippen LogP contribution in [-0.4, -0.2) is 83.3 Å². The monoisotopic (exact) mass is 554 g/mol. The van der Waals surface area contributed by atoms with Crippen LogP contribution in [0.2, 0.25) is 0 Å². The molecule has 36 heavy (non-hydrogen) atoms. The Kier molecular flexibility index (Phi) is 7.18. The van der Waals surface area contributed by atoms with Crippen molar-refractivity contribution >= 4 is 63.5 Å². The van der Waals surface area contributed by atoms with Crippen LogP contribution in [0.5, 0.6) is 0 Å². The van der Waals surface area contributed by atoms with Gasteiger partial charge in [0.2, 0.25) is 0 Å². The summed E-state index contributed by atoms with van der Waals surface area (Å²) in [5.74, 6) is -2.30. The van der Waals surface area contributed by atoms with E-state index in [0.29, 0.717) is 5.57 Å². The number of hydrogen-bond donors (Lipinski definition) is 4. The first-order valence-corrected chi connectivity index (χ1v) is 12.9. The van der Waals surface area contributed by atoms with E-state index in [2.05, 4.69) is 25.7 Å². The summed E-state index contributed by atoms with van der Waals surface area (Å²) in [6.45, 7) is 0. The molecule has 1 saturated heterocycles. The molecule has 1 unspecified atom stereocenters. The average molecular weight is 555 g/mol. The van der Waals surface area contributed by atoms with Crippen molar-refractivity contribution in [3.05, 3.63) is 43.1 Å². The number of carbonyl (C=O) groups excluding carboxylic acids is 2. The minimum atomic E-state index is -1.31. The van der Waals surface area contributed by atoms with Crippen LogP contribution in [0.4, 0.5) is 5.13 Å². The Morgan fingerprint density at radius 2 is 2.17 bits per heavy atom. The lowest BCUT2D eigenvalue weighted by atomic mass is 10.0. The van der Waals surface area contributed by atoms with Gasteiger partial charge in [0, 0.05) is 23.9 Å². The number of carboxylic acid groups (broad SMARTS) is 1. The number of oxime groups is 1. The highest BCUT2D eigenvalue weighted by molar-refractivity contribution is 8.01. The Labute approximate surface area is 213 Å². The van der Waals surface area contributed by atoms with Gasteiger partial charge in [-0.15, -0.1) is 28.2 Å². The number of nitrogens with one attached hydrogen (secondary N) is 2. The molecule has 190 valence electrons. The minimum Gasteiger partial charge on any atom is -0.477 e. The summed E-state index contributed by atoms with van der Waals surface area (Å²) in [5, 5.41) is 23.2. The molecule has 2 aliphatic heterocycles. The van der Waals surface area contributed by atoms with Gasteiger partial charge in [0.25, 0.3) is 11.8 Å². The number of anilines is 1. The lowest BCUT2D eigenvalue weighted by molar-refractivity contribution is -0.150. The molecule has 0 spiro atoms. The van der Waals surface area contributed by atoms with Crippen LogP contribution in [-0.2, 0) is 26.3 Å². The Hall–Kier alpha value is -3.64. The Bertz CT molecular complexity index is 1430. The number of aliphatic carboxylic acids is 1. The number of nitrogen functional groups attached to an aromatic ring is 1. The molecular formula is C18H18N8O7S3. The second-order valence-electron chi connectivity index (χ2n) is 7.30. The number of thioether (sulfide) groups is 2. The molecule has 0 radical (unpaired) electrons. The Balaban J connectivity index is 1.51. The van der Waals surface area contributed by atoms with Crippen LogP contribution >= 0.6 is 34.9 Å². The van der Waals surface area contributed by atoms with Crippen molar-refractivity contribution < 1.29 is 24.3 Å². The zero-order valence-corrected chi connectivity index (χ0v) is 21.0. The molecule has 4 heterocycles. The maximum absolute atomic E-state index is 12.9. The number of aromatic nitrogens is 4.